The van der Waals surface area contributed by atoms with Crippen LogP contribution in [-0.4, -0.2) is 72.4 Å². The average molecular weight is 241 g/mol. The lowest BCUT2D eigenvalue weighted by Gasteiger charge is -2.35. The van der Waals surface area contributed by atoms with Crippen LogP contribution in [0.4, 0.5) is 0 Å². The summed E-state index contributed by atoms with van der Waals surface area (Å²) in [5.74, 6) is 0. The van der Waals surface area contributed by atoms with Gasteiger partial charge in [-0.05, 0) is 12.8 Å². The molecule has 2 fully saturated rings. The highest BCUT2D eigenvalue weighted by molar-refractivity contribution is 4.87. The van der Waals surface area contributed by atoms with E-state index in [-0.39, 0.29) is 6.10 Å². The molecule has 1 saturated carbocycles. The topological polar surface area (TPSA) is 38.7 Å². The van der Waals surface area contributed by atoms with Crippen molar-refractivity contribution < 1.29 is 5.11 Å². The van der Waals surface area contributed by atoms with Crippen LogP contribution >= 0.6 is 0 Å². The van der Waals surface area contributed by atoms with Gasteiger partial charge in [-0.25, -0.2) is 0 Å². The molecule has 1 saturated heterocycles. The van der Waals surface area contributed by atoms with Gasteiger partial charge in [0.1, 0.15) is 0 Å². The zero-order chi connectivity index (χ0) is 12.3. The quantitative estimate of drug-likeness (QED) is 0.693. The molecule has 2 N–H and O–H groups in total. The Balaban J connectivity index is 1.59. The van der Waals surface area contributed by atoms with E-state index in [0.717, 1.165) is 25.7 Å². The molecule has 1 heterocycles. The van der Waals surface area contributed by atoms with Crippen LogP contribution < -0.4 is 5.32 Å². The van der Waals surface area contributed by atoms with Crippen molar-refractivity contribution in [3.8, 4) is 0 Å². The summed E-state index contributed by atoms with van der Waals surface area (Å²) >= 11 is 0. The van der Waals surface area contributed by atoms with Crippen molar-refractivity contribution in [3.63, 3.8) is 0 Å². The summed E-state index contributed by atoms with van der Waals surface area (Å²) in [6.07, 6.45) is 2.58. The standard InChI is InChI=1S/C13H27N3O/c1-11(2)14-9-13(17)10-15-5-7-16(8-6-15)12-3-4-12/h11-14,17H,3-10H2,1-2H3. The second kappa shape index (κ2) is 6.14. The van der Waals surface area contributed by atoms with E-state index in [1.807, 2.05) is 0 Å². The van der Waals surface area contributed by atoms with Crippen molar-refractivity contribution in [2.24, 2.45) is 0 Å². The lowest BCUT2D eigenvalue weighted by Crippen LogP contribution is -2.50. The molecule has 0 aromatic carbocycles. The van der Waals surface area contributed by atoms with Gasteiger partial charge in [0, 0.05) is 51.4 Å². The van der Waals surface area contributed by atoms with Crippen molar-refractivity contribution in [1.82, 2.24) is 15.1 Å². The van der Waals surface area contributed by atoms with Crippen LogP contribution in [0.2, 0.25) is 0 Å². The van der Waals surface area contributed by atoms with Crippen molar-refractivity contribution in [2.45, 2.75) is 44.9 Å². The molecule has 0 bridgehead atoms. The van der Waals surface area contributed by atoms with E-state index < -0.39 is 0 Å². The minimum atomic E-state index is -0.232. The number of piperazine rings is 1. The van der Waals surface area contributed by atoms with Gasteiger partial charge in [0.05, 0.1) is 6.10 Å². The van der Waals surface area contributed by atoms with Gasteiger partial charge in [0.2, 0.25) is 0 Å². The fourth-order valence-corrected chi connectivity index (χ4v) is 2.49. The number of β-amino-alcohol motifs (C(OH)–C–C–N with tert-alkyl or cyclic N) is 1. The van der Waals surface area contributed by atoms with Crippen LogP contribution in [-0.2, 0) is 0 Å². The van der Waals surface area contributed by atoms with Gasteiger partial charge in [-0.2, -0.15) is 0 Å². The highest BCUT2D eigenvalue weighted by Gasteiger charge is 2.31. The predicted molar refractivity (Wildman–Crippen MR) is 70.2 cm³/mol. The smallest absolute Gasteiger partial charge is 0.0791 e. The molecule has 4 nitrogen and oxygen atoms in total. The molecule has 0 amide bonds. The summed E-state index contributed by atoms with van der Waals surface area (Å²) in [7, 11) is 0. The number of nitrogens with one attached hydrogen (secondary N) is 1. The van der Waals surface area contributed by atoms with Gasteiger partial charge in [0.25, 0.3) is 0 Å². The maximum Gasteiger partial charge on any atom is 0.0791 e. The minimum Gasteiger partial charge on any atom is -0.390 e. The fraction of sp³-hybridized carbons (Fsp3) is 1.00. The molecule has 0 spiro atoms. The van der Waals surface area contributed by atoms with E-state index in [1.165, 1.54) is 25.9 Å². The van der Waals surface area contributed by atoms with Gasteiger partial charge >= 0.3 is 0 Å². The zero-order valence-electron chi connectivity index (χ0n) is 11.2. The number of hydrogen-bond acceptors (Lipinski definition) is 4. The monoisotopic (exact) mass is 241 g/mol. The Morgan fingerprint density at radius 2 is 1.82 bits per heavy atom. The van der Waals surface area contributed by atoms with Gasteiger partial charge < -0.3 is 10.4 Å². The Bertz CT molecular complexity index is 223. The number of hydrogen-bond donors (Lipinski definition) is 2. The predicted octanol–water partition coefficient (Wildman–Crippen LogP) is 0.125. The summed E-state index contributed by atoms with van der Waals surface area (Å²) < 4.78 is 0. The molecular formula is C13H27N3O. The van der Waals surface area contributed by atoms with Crippen LogP contribution in [0, 0.1) is 0 Å². The molecule has 2 aliphatic rings. The third-order valence-corrected chi connectivity index (χ3v) is 3.70. The molecule has 17 heavy (non-hydrogen) atoms. The Labute approximate surface area is 105 Å². The maximum absolute atomic E-state index is 9.92. The highest BCUT2D eigenvalue weighted by Crippen LogP contribution is 2.27. The number of rotatable bonds is 6. The Morgan fingerprint density at radius 1 is 1.18 bits per heavy atom. The third kappa shape index (κ3) is 4.54. The molecule has 1 aliphatic carbocycles. The molecule has 4 heteroatoms. The van der Waals surface area contributed by atoms with Crippen LogP contribution in [0.1, 0.15) is 26.7 Å². The Kier molecular flexibility index (Phi) is 4.79. The van der Waals surface area contributed by atoms with Crippen LogP contribution in [0.5, 0.6) is 0 Å². The van der Waals surface area contributed by atoms with Crippen LogP contribution in [0.15, 0.2) is 0 Å². The van der Waals surface area contributed by atoms with Crippen molar-refractivity contribution >= 4 is 0 Å². The number of nitrogens with zero attached hydrogens (tertiary/aromatic N) is 2. The molecule has 1 aliphatic heterocycles. The normalized spacial score (nSPS) is 25.4. The van der Waals surface area contributed by atoms with Crippen molar-refractivity contribution in [1.29, 1.82) is 0 Å². The first-order chi connectivity index (χ1) is 8.15. The first-order valence-electron chi connectivity index (χ1n) is 7.03. The van der Waals surface area contributed by atoms with Crippen LogP contribution in [0.3, 0.4) is 0 Å². The van der Waals surface area contributed by atoms with Crippen molar-refractivity contribution in [2.75, 3.05) is 39.3 Å². The lowest BCUT2D eigenvalue weighted by molar-refractivity contribution is 0.0691. The zero-order valence-corrected chi connectivity index (χ0v) is 11.2. The molecule has 100 valence electrons. The highest BCUT2D eigenvalue weighted by atomic mass is 16.3. The van der Waals surface area contributed by atoms with Gasteiger partial charge in [-0.1, -0.05) is 13.8 Å². The molecule has 1 atom stereocenters. The van der Waals surface area contributed by atoms with Crippen LogP contribution in [0.25, 0.3) is 0 Å². The van der Waals surface area contributed by atoms with E-state index in [0.29, 0.717) is 12.6 Å². The van der Waals surface area contributed by atoms with E-state index in [1.54, 1.807) is 0 Å². The third-order valence-electron chi connectivity index (χ3n) is 3.70. The van der Waals surface area contributed by atoms with E-state index in [9.17, 15) is 5.11 Å². The molecule has 0 aromatic heterocycles. The summed E-state index contributed by atoms with van der Waals surface area (Å²) in [5.41, 5.74) is 0. The molecule has 0 aromatic rings. The first kappa shape index (κ1) is 13.3. The van der Waals surface area contributed by atoms with Gasteiger partial charge in [0.15, 0.2) is 0 Å². The van der Waals surface area contributed by atoms with E-state index in [2.05, 4.69) is 29.0 Å². The summed E-state index contributed by atoms with van der Waals surface area (Å²) in [6, 6.07) is 1.35. The van der Waals surface area contributed by atoms with Crippen molar-refractivity contribution in [3.05, 3.63) is 0 Å². The molecule has 0 radical (unpaired) electrons. The lowest BCUT2D eigenvalue weighted by atomic mass is 10.2. The van der Waals surface area contributed by atoms with E-state index >= 15 is 0 Å². The number of aliphatic hydroxyl groups excluding tert-OH is 1. The van der Waals surface area contributed by atoms with Gasteiger partial charge in [-0.15, -0.1) is 0 Å². The summed E-state index contributed by atoms with van der Waals surface area (Å²) in [4.78, 5) is 5.00. The molecule has 2 rings (SSSR count). The minimum absolute atomic E-state index is 0.232. The van der Waals surface area contributed by atoms with E-state index in [4.69, 9.17) is 0 Å². The molecule has 1 unspecified atom stereocenters. The fourth-order valence-electron chi connectivity index (χ4n) is 2.49. The Hall–Kier alpha value is -0.160. The summed E-state index contributed by atoms with van der Waals surface area (Å²) in [5, 5.41) is 13.2. The summed E-state index contributed by atoms with van der Waals surface area (Å²) in [6.45, 7) is 10.4. The van der Waals surface area contributed by atoms with Gasteiger partial charge in [-0.3, -0.25) is 9.80 Å². The second-order valence-electron chi connectivity index (χ2n) is 5.78. The SMILES string of the molecule is CC(C)NCC(O)CN1CCN(C2CC2)CC1. The maximum atomic E-state index is 9.92. The Morgan fingerprint density at radius 3 is 2.35 bits per heavy atom. The number of aliphatic hydroxyl groups is 1. The average Bonchev–Trinajstić information content (AvgIpc) is 3.11. The first-order valence-corrected chi connectivity index (χ1v) is 7.03. The largest absolute Gasteiger partial charge is 0.390 e. The second-order valence-corrected chi connectivity index (χ2v) is 5.78. The molecular weight excluding hydrogens is 214 g/mol.